The molecule has 0 fully saturated rings. The van der Waals surface area contributed by atoms with Crippen LogP contribution in [-0.2, 0) is 10.0 Å². The lowest BCUT2D eigenvalue weighted by Gasteiger charge is -2.20. The number of nitrogens with zero attached hydrogens (tertiary/aromatic N) is 2. The van der Waals surface area contributed by atoms with Crippen LogP contribution < -0.4 is 4.72 Å². The summed E-state index contributed by atoms with van der Waals surface area (Å²) < 4.78 is 27.1. The number of hydrogen-bond donors (Lipinski definition) is 1. The number of aromatic nitrogens is 1. The van der Waals surface area contributed by atoms with Gasteiger partial charge in [0.25, 0.3) is 0 Å². The van der Waals surface area contributed by atoms with Gasteiger partial charge in [-0.15, -0.1) is 0 Å². The number of pyridine rings is 1. The molecular weight excluding hydrogens is 318 g/mol. The van der Waals surface area contributed by atoms with Crippen LogP contribution in [0.1, 0.15) is 13.8 Å². The third kappa shape index (κ3) is 4.64. The smallest absolute Gasteiger partial charge is 0.242 e. The highest BCUT2D eigenvalue weighted by molar-refractivity contribution is 9.10. The lowest BCUT2D eigenvalue weighted by atomic mass is 10.3. The Morgan fingerprint density at radius 3 is 2.67 bits per heavy atom. The van der Waals surface area contributed by atoms with Gasteiger partial charge in [-0.2, -0.15) is 0 Å². The highest BCUT2D eigenvalue weighted by Gasteiger charge is 2.14. The molecule has 0 unspecified atom stereocenters. The molecule has 5 nitrogen and oxygen atoms in total. The SMILES string of the molecule is CC(C)N(C)CCNS(=O)(=O)c1cncc(Br)c1. The minimum atomic E-state index is -3.47. The quantitative estimate of drug-likeness (QED) is 0.854. The summed E-state index contributed by atoms with van der Waals surface area (Å²) in [5, 5.41) is 0. The van der Waals surface area contributed by atoms with Crippen molar-refractivity contribution in [3.05, 3.63) is 22.9 Å². The van der Waals surface area contributed by atoms with Crippen LogP contribution in [0.25, 0.3) is 0 Å². The molecule has 0 aromatic carbocycles. The van der Waals surface area contributed by atoms with Crippen molar-refractivity contribution in [3.8, 4) is 0 Å². The van der Waals surface area contributed by atoms with Crippen molar-refractivity contribution in [1.29, 1.82) is 0 Å². The van der Waals surface area contributed by atoms with Crippen molar-refractivity contribution in [1.82, 2.24) is 14.6 Å². The minimum absolute atomic E-state index is 0.170. The van der Waals surface area contributed by atoms with Gasteiger partial charge in [-0.3, -0.25) is 4.98 Å². The lowest BCUT2D eigenvalue weighted by molar-refractivity contribution is 0.278. The van der Waals surface area contributed by atoms with E-state index < -0.39 is 10.0 Å². The first-order valence-corrected chi connectivity index (χ1v) is 7.91. The largest absolute Gasteiger partial charge is 0.303 e. The molecule has 0 amide bonds. The van der Waals surface area contributed by atoms with Crippen molar-refractivity contribution in [3.63, 3.8) is 0 Å². The fraction of sp³-hybridized carbons (Fsp3) is 0.545. The lowest BCUT2D eigenvalue weighted by Crippen LogP contribution is -2.36. The van der Waals surface area contributed by atoms with Gasteiger partial charge in [0.2, 0.25) is 10.0 Å². The Labute approximate surface area is 117 Å². The Balaban J connectivity index is 2.61. The summed E-state index contributed by atoms with van der Waals surface area (Å²) in [6.07, 6.45) is 2.88. The number of likely N-dealkylation sites (N-methyl/N-ethyl adjacent to an activating group) is 1. The van der Waals surface area contributed by atoms with Crippen LogP contribution in [-0.4, -0.2) is 44.5 Å². The maximum atomic E-state index is 11.9. The summed E-state index contributed by atoms with van der Waals surface area (Å²) in [6, 6.07) is 1.92. The van der Waals surface area contributed by atoms with E-state index in [-0.39, 0.29) is 4.90 Å². The van der Waals surface area contributed by atoms with Gasteiger partial charge in [0, 0.05) is 36.0 Å². The predicted octanol–water partition coefficient (Wildman–Crippen LogP) is 1.46. The highest BCUT2D eigenvalue weighted by Crippen LogP contribution is 2.13. The second-order valence-corrected chi connectivity index (χ2v) is 6.99. The zero-order valence-corrected chi connectivity index (χ0v) is 13.1. The van der Waals surface area contributed by atoms with E-state index in [1.165, 1.54) is 12.3 Å². The summed E-state index contributed by atoms with van der Waals surface area (Å²) in [6.45, 7) is 5.17. The molecule has 1 aromatic heterocycles. The standard InChI is InChI=1S/C11H18BrN3O2S/c1-9(2)15(3)5-4-14-18(16,17)11-6-10(12)7-13-8-11/h6-9,14H,4-5H2,1-3H3. The van der Waals surface area contributed by atoms with E-state index in [0.29, 0.717) is 23.6 Å². The summed E-state index contributed by atoms with van der Waals surface area (Å²) in [4.78, 5) is 6.09. The van der Waals surface area contributed by atoms with Gasteiger partial charge >= 0.3 is 0 Å². The van der Waals surface area contributed by atoms with Gasteiger partial charge in [-0.05, 0) is 42.9 Å². The molecule has 1 heterocycles. The molecule has 0 aliphatic rings. The van der Waals surface area contributed by atoms with Crippen LogP contribution in [0.15, 0.2) is 27.8 Å². The molecule has 0 aliphatic heterocycles. The van der Waals surface area contributed by atoms with Crippen molar-refractivity contribution in [2.45, 2.75) is 24.8 Å². The van der Waals surface area contributed by atoms with Crippen molar-refractivity contribution < 1.29 is 8.42 Å². The molecule has 7 heteroatoms. The Morgan fingerprint density at radius 1 is 1.44 bits per heavy atom. The van der Waals surface area contributed by atoms with E-state index in [2.05, 4.69) is 44.4 Å². The molecule has 0 aliphatic carbocycles. The molecule has 1 rings (SSSR count). The topological polar surface area (TPSA) is 62.3 Å². The highest BCUT2D eigenvalue weighted by atomic mass is 79.9. The van der Waals surface area contributed by atoms with Crippen LogP contribution in [0, 0.1) is 0 Å². The maximum absolute atomic E-state index is 11.9. The summed E-state index contributed by atoms with van der Waals surface area (Å²) in [7, 11) is -1.52. The molecule has 0 atom stereocenters. The average Bonchev–Trinajstić information content (AvgIpc) is 2.28. The molecule has 0 saturated heterocycles. The van der Waals surface area contributed by atoms with Gasteiger partial charge in [0.1, 0.15) is 4.90 Å². The van der Waals surface area contributed by atoms with E-state index in [9.17, 15) is 8.42 Å². The van der Waals surface area contributed by atoms with E-state index in [0.717, 1.165) is 0 Å². The molecular formula is C11H18BrN3O2S. The molecule has 0 spiro atoms. The van der Waals surface area contributed by atoms with Crippen molar-refractivity contribution in [2.24, 2.45) is 0 Å². The van der Waals surface area contributed by atoms with Gasteiger partial charge in [0.15, 0.2) is 0 Å². The minimum Gasteiger partial charge on any atom is -0.303 e. The molecule has 0 bridgehead atoms. The molecule has 1 aromatic rings. The van der Waals surface area contributed by atoms with Gasteiger partial charge in [-0.25, -0.2) is 13.1 Å². The van der Waals surface area contributed by atoms with Crippen LogP contribution in [0.2, 0.25) is 0 Å². The Morgan fingerprint density at radius 2 is 2.11 bits per heavy atom. The van der Waals surface area contributed by atoms with Gasteiger partial charge in [-0.1, -0.05) is 0 Å². The third-order valence-corrected chi connectivity index (χ3v) is 4.49. The van der Waals surface area contributed by atoms with E-state index in [1.807, 2.05) is 7.05 Å². The van der Waals surface area contributed by atoms with Crippen LogP contribution in [0.5, 0.6) is 0 Å². The number of nitrogens with one attached hydrogen (secondary N) is 1. The van der Waals surface area contributed by atoms with Crippen molar-refractivity contribution >= 4 is 26.0 Å². The first-order valence-electron chi connectivity index (χ1n) is 5.63. The molecule has 1 N–H and O–H groups in total. The number of rotatable bonds is 6. The summed E-state index contributed by atoms with van der Waals surface area (Å²) in [5.41, 5.74) is 0. The zero-order valence-electron chi connectivity index (χ0n) is 10.7. The number of hydrogen-bond acceptors (Lipinski definition) is 4. The monoisotopic (exact) mass is 335 g/mol. The fourth-order valence-corrected chi connectivity index (χ4v) is 2.76. The first-order chi connectivity index (χ1) is 8.33. The van der Waals surface area contributed by atoms with E-state index >= 15 is 0 Å². The van der Waals surface area contributed by atoms with Gasteiger partial charge < -0.3 is 4.90 Å². The number of halogens is 1. The van der Waals surface area contributed by atoms with Crippen molar-refractivity contribution in [2.75, 3.05) is 20.1 Å². The molecule has 0 radical (unpaired) electrons. The normalized spacial score (nSPS) is 12.3. The predicted molar refractivity (Wildman–Crippen MR) is 74.9 cm³/mol. The Bertz CT molecular complexity index is 491. The Kier molecular flexibility index (Phi) is 5.71. The summed E-state index contributed by atoms with van der Waals surface area (Å²) >= 11 is 3.20. The van der Waals surface area contributed by atoms with E-state index in [1.54, 1.807) is 6.20 Å². The fourth-order valence-electron chi connectivity index (χ4n) is 1.24. The first kappa shape index (κ1) is 15.6. The van der Waals surface area contributed by atoms with Crippen LogP contribution in [0.4, 0.5) is 0 Å². The van der Waals surface area contributed by atoms with E-state index in [4.69, 9.17) is 0 Å². The average molecular weight is 336 g/mol. The second-order valence-electron chi connectivity index (χ2n) is 4.31. The Hall–Kier alpha value is -0.500. The van der Waals surface area contributed by atoms with Gasteiger partial charge in [0.05, 0.1) is 0 Å². The second kappa shape index (κ2) is 6.60. The summed E-state index contributed by atoms with van der Waals surface area (Å²) in [5.74, 6) is 0. The zero-order chi connectivity index (χ0) is 13.8. The molecule has 102 valence electrons. The van der Waals surface area contributed by atoms with Crippen LogP contribution >= 0.6 is 15.9 Å². The van der Waals surface area contributed by atoms with Crippen LogP contribution in [0.3, 0.4) is 0 Å². The maximum Gasteiger partial charge on any atom is 0.242 e. The number of sulfonamides is 1. The molecule has 18 heavy (non-hydrogen) atoms. The molecule has 0 saturated carbocycles. The third-order valence-electron chi connectivity index (χ3n) is 2.63.